The van der Waals surface area contributed by atoms with Crippen LogP contribution < -0.4 is 14.8 Å². The zero-order chi connectivity index (χ0) is 17.8. The molecule has 1 aromatic carbocycles. The maximum Gasteiger partial charge on any atom is 0.134 e. The van der Waals surface area contributed by atoms with Gasteiger partial charge in [0.2, 0.25) is 0 Å². The van der Waals surface area contributed by atoms with Gasteiger partial charge in [-0.25, -0.2) is 4.98 Å². The van der Waals surface area contributed by atoms with E-state index in [1.54, 1.807) is 26.6 Å². The number of nitrogens with one attached hydrogen (secondary N) is 1. The van der Waals surface area contributed by atoms with Crippen LogP contribution in [0, 0.1) is 5.92 Å². The topological polar surface area (TPSA) is 56.3 Å². The number of rotatable bonds is 6. The molecule has 0 saturated carbocycles. The first kappa shape index (κ1) is 17.0. The summed E-state index contributed by atoms with van der Waals surface area (Å²) in [6, 6.07) is 7.85. The van der Waals surface area contributed by atoms with Gasteiger partial charge in [-0.3, -0.25) is 4.98 Å². The van der Waals surface area contributed by atoms with Crippen LogP contribution in [0.2, 0.25) is 0 Å². The highest BCUT2D eigenvalue weighted by molar-refractivity contribution is 6.06. The van der Waals surface area contributed by atoms with E-state index in [0.717, 1.165) is 45.8 Å². The molecule has 0 saturated heterocycles. The van der Waals surface area contributed by atoms with E-state index in [4.69, 9.17) is 9.47 Å². The second-order valence-electron chi connectivity index (χ2n) is 6.28. The molecule has 130 valence electrons. The molecular formula is C20H23N3O2. The molecule has 3 aromatic rings. The quantitative estimate of drug-likeness (QED) is 0.723. The van der Waals surface area contributed by atoms with Crippen LogP contribution in [-0.2, 0) is 0 Å². The number of anilines is 1. The van der Waals surface area contributed by atoms with Gasteiger partial charge in [0, 0.05) is 47.5 Å². The van der Waals surface area contributed by atoms with Gasteiger partial charge >= 0.3 is 0 Å². The van der Waals surface area contributed by atoms with Gasteiger partial charge in [-0.15, -0.1) is 0 Å². The van der Waals surface area contributed by atoms with Gasteiger partial charge in [0.15, 0.2) is 0 Å². The van der Waals surface area contributed by atoms with Crippen molar-refractivity contribution in [1.29, 1.82) is 0 Å². The summed E-state index contributed by atoms with van der Waals surface area (Å²) >= 11 is 0. The Hall–Kier alpha value is -2.82. The zero-order valence-corrected chi connectivity index (χ0v) is 15.0. The molecule has 0 amide bonds. The molecule has 2 heterocycles. The first-order chi connectivity index (χ1) is 12.1. The Morgan fingerprint density at radius 2 is 1.84 bits per heavy atom. The average Bonchev–Trinajstić information content (AvgIpc) is 2.65. The van der Waals surface area contributed by atoms with Crippen LogP contribution >= 0.6 is 0 Å². The first-order valence-corrected chi connectivity index (χ1v) is 8.33. The van der Waals surface area contributed by atoms with Crippen molar-refractivity contribution in [1.82, 2.24) is 9.97 Å². The number of hydrogen-bond donors (Lipinski definition) is 1. The third-order valence-corrected chi connectivity index (χ3v) is 4.05. The maximum atomic E-state index is 5.66. The van der Waals surface area contributed by atoms with E-state index in [0.29, 0.717) is 5.92 Å². The molecule has 3 rings (SSSR count). The van der Waals surface area contributed by atoms with E-state index in [-0.39, 0.29) is 0 Å². The normalized spacial score (nSPS) is 10.9. The van der Waals surface area contributed by atoms with Gasteiger partial charge in [-0.05, 0) is 29.7 Å². The fourth-order valence-electron chi connectivity index (χ4n) is 2.79. The van der Waals surface area contributed by atoms with Crippen LogP contribution in [0.4, 0.5) is 5.82 Å². The lowest BCUT2D eigenvalue weighted by Crippen LogP contribution is -2.10. The molecule has 0 aliphatic rings. The second kappa shape index (κ2) is 7.38. The maximum absolute atomic E-state index is 5.66. The molecule has 5 nitrogen and oxygen atoms in total. The predicted octanol–water partition coefficient (Wildman–Crippen LogP) is 4.38. The van der Waals surface area contributed by atoms with Crippen LogP contribution in [0.1, 0.15) is 13.8 Å². The van der Waals surface area contributed by atoms with Crippen molar-refractivity contribution >= 4 is 16.6 Å². The number of aromatic nitrogens is 2. The summed E-state index contributed by atoms with van der Waals surface area (Å²) in [4.78, 5) is 8.77. The number of hydrogen-bond acceptors (Lipinski definition) is 5. The van der Waals surface area contributed by atoms with Gasteiger partial charge in [0.1, 0.15) is 17.3 Å². The summed E-state index contributed by atoms with van der Waals surface area (Å²) in [5.41, 5.74) is 2.05. The van der Waals surface area contributed by atoms with Crippen molar-refractivity contribution in [2.75, 3.05) is 26.1 Å². The minimum absolute atomic E-state index is 0.518. The van der Waals surface area contributed by atoms with Gasteiger partial charge in [0.25, 0.3) is 0 Å². The lowest BCUT2D eigenvalue weighted by Gasteiger charge is -2.17. The van der Waals surface area contributed by atoms with Gasteiger partial charge in [-0.2, -0.15) is 0 Å². The number of methoxy groups -OCH3 is 2. The number of ether oxygens (including phenoxy) is 2. The molecule has 2 aromatic heterocycles. The number of benzene rings is 1. The summed E-state index contributed by atoms with van der Waals surface area (Å²) < 4.78 is 11.1. The highest BCUT2D eigenvalue weighted by atomic mass is 16.5. The molecule has 0 aliphatic carbocycles. The van der Waals surface area contributed by atoms with Crippen molar-refractivity contribution < 1.29 is 9.47 Å². The molecule has 25 heavy (non-hydrogen) atoms. The van der Waals surface area contributed by atoms with Gasteiger partial charge in [0.05, 0.1) is 14.2 Å². The van der Waals surface area contributed by atoms with E-state index in [1.807, 2.05) is 30.5 Å². The summed E-state index contributed by atoms with van der Waals surface area (Å²) in [5, 5.41) is 5.42. The van der Waals surface area contributed by atoms with Crippen molar-refractivity contribution in [2.24, 2.45) is 5.92 Å². The Morgan fingerprint density at radius 3 is 2.48 bits per heavy atom. The Labute approximate surface area is 148 Å². The Balaban J connectivity index is 2.27. The minimum atomic E-state index is 0.518. The minimum Gasteiger partial charge on any atom is -0.497 e. The fraction of sp³-hybridized carbons (Fsp3) is 0.300. The molecule has 0 spiro atoms. The van der Waals surface area contributed by atoms with Crippen molar-refractivity contribution in [3.8, 4) is 22.6 Å². The third kappa shape index (κ3) is 3.50. The second-order valence-corrected chi connectivity index (χ2v) is 6.28. The fourth-order valence-corrected chi connectivity index (χ4v) is 2.79. The number of pyridine rings is 2. The third-order valence-electron chi connectivity index (χ3n) is 4.05. The molecule has 1 N–H and O–H groups in total. The molecule has 0 aliphatic heterocycles. The molecule has 0 radical (unpaired) electrons. The number of nitrogens with zero attached hydrogens (tertiary/aromatic N) is 2. The number of fused-ring (bicyclic) bond motifs is 1. The van der Waals surface area contributed by atoms with Crippen LogP contribution in [-0.4, -0.2) is 30.7 Å². The van der Waals surface area contributed by atoms with E-state index < -0.39 is 0 Å². The van der Waals surface area contributed by atoms with Crippen molar-refractivity contribution in [2.45, 2.75) is 13.8 Å². The molecule has 0 unspecified atom stereocenters. The summed E-state index contributed by atoms with van der Waals surface area (Å²) in [5.74, 6) is 2.85. The van der Waals surface area contributed by atoms with Crippen LogP contribution in [0.15, 0.2) is 42.9 Å². The Kier molecular flexibility index (Phi) is 5.03. The lowest BCUT2D eigenvalue weighted by molar-refractivity contribution is 0.398. The Bertz CT molecular complexity index is 864. The molecule has 0 fully saturated rings. The highest BCUT2D eigenvalue weighted by Crippen LogP contribution is 2.40. The highest BCUT2D eigenvalue weighted by Gasteiger charge is 2.16. The van der Waals surface area contributed by atoms with Crippen molar-refractivity contribution in [3.63, 3.8) is 0 Å². The molecule has 0 bridgehead atoms. The van der Waals surface area contributed by atoms with E-state index in [2.05, 4.69) is 29.1 Å². The zero-order valence-electron chi connectivity index (χ0n) is 15.0. The van der Waals surface area contributed by atoms with E-state index >= 15 is 0 Å². The SMILES string of the molecule is COc1cc(OC)c2c(-c3ccncc3)cnc(NCC(C)C)c2c1. The van der Waals surface area contributed by atoms with Gasteiger partial charge < -0.3 is 14.8 Å². The van der Waals surface area contributed by atoms with E-state index in [1.165, 1.54) is 0 Å². The Morgan fingerprint density at radius 1 is 1.08 bits per heavy atom. The average molecular weight is 337 g/mol. The lowest BCUT2D eigenvalue weighted by atomic mass is 10.00. The smallest absolute Gasteiger partial charge is 0.134 e. The summed E-state index contributed by atoms with van der Waals surface area (Å²) in [7, 11) is 3.33. The van der Waals surface area contributed by atoms with Crippen molar-refractivity contribution in [3.05, 3.63) is 42.9 Å². The van der Waals surface area contributed by atoms with Crippen LogP contribution in [0.5, 0.6) is 11.5 Å². The molecule has 5 heteroatoms. The van der Waals surface area contributed by atoms with Crippen LogP contribution in [0.25, 0.3) is 21.9 Å². The largest absolute Gasteiger partial charge is 0.497 e. The summed E-state index contributed by atoms with van der Waals surface area (Å²) in [6.07, 6.45) is 5.44. The standard InChI is InChI=1S/C20H23N3O2/c1-13(2)11-22-20-16-9-15(24-3)10-18(25-4)19(16)17(12-23-20)14-5-7-21-8-6-14/h5-10,12-13H,11H2,1-4H3,(H,22,23). The van der Waals surface area contributed by atoms with Crippen LogP contribution in [0.3, 0.4) is 0 Å². The summed E-state index contributed by atoms with van der Waals surface area (Å²) in [6.45, 7) is 5.18. The van der Waals surface area contributed by atoms with E-state index in [9.17, 15) is 0 Å². The molecule has 0 atom stereocenters. The predicted molar refractivity (Wildman–Crippen MR) is 101 cm³/mol. The van der Waals surface area contributed by atoms with Gasteiger partial charge in [-0.1, -0.05) is 13.8 Å². The monoisotopic (exact) mass is 337 g/mol. The molecular weight excluding hydrogens is 314 g/mol. The first-order valence-electron chi connectivity index (χ1n) is 8.33.